The highest BCUT2D eigenvalue weighted by Gasteiger charge is 2.20. The van der Waals surface area contributed by atoms with Crippen LogP contribution in [0.1, 0.15) is 361 Å². The summed E-state index contributed by atoms with van der Waals surface area (Å²) in [5.74, 6) is -0.0588. The number of hydrogen-bond donors (Lipinski definition) is 3. The van der Waals surface area contributed by atoms with Gasteiger partial charge in [0.25, 0.3) is 0 Å². The Balaban J connectivity index is 3.47. The van der Waals surface area contributed by atoms with Gasteiger partial charge in [-0.1, -0.05) is 308 Å². The van der Waals surface area contributed by atoms with E-state index in [1.165, 1.54) is 244 Å². The molecule has 1 amide bonds. The normalized spacial score (nSPS) is 12.7. The van der Waals surface area contributed by atoms with Gasteiger partial charge in [-0.3, -0.25) is 9.59 Å². The third-order valence-corrected chi connectivity index (χ3v) is 15.3. The van der Waals surface area contributed by atoms with E-state index in [0.29, 0.717) is 25.9 Å². The number of hydrogen-bond acceptors (Lipinski definition) is 5. The minimum absolute atomic E-state index is 0.0116. The fourth-order valence-electron chi connectivity index (χ4n) is 10.3. The number of allylic oxidation sites excluding steroid dienone is 4. The van der Waals surface area contributed by atoms with Crippen LogP contribution in [-0.4, -0.2) is 47.4 Å². The Morgan fingerprint density at radius 3 is 1.06 bits per heavy atom. The molecule has 0 bridgehead atoms. The van der Waals surface area contributed by atoms with Gasteiger partial charge in [-0.15, -0.1) is 0 Å². The quantitative estimate of drug-likeness (QED) is 0.0320. The van der Waals surface area contributed by atoms with E-state index in [2.05, 4.69) is 43.5 Å². The highest BCUT2D eigenvalue weighted by Crippen LogP contribution is 2.18. The van der Waals surface area contributed by atoms with Gasteiger partial charge in [0.15, 0.2) is 0 Å². The molecule has 2 atom stereocenters. The van der Waals surface area contributed by atoms with Crippen LogP contribution in [0.15, 0.2) is 24.3 Å². The maximum atomic E-state index is 12.5. The zero-order valence-corrected chi connectivity index (χ0v) is 48.7. The highest BCUT2D eigenvalue weighted by atomic mass is 16.5. The van der Waals surface area contributed by atoms with Crippen molar-refractivity contribution < 1.29 is 24.5 Å². The van der Waals surface area contributed by atoms with Crippen LogP contribution in [0.3, 0.4) is 0 Å². The molecule has 0 aliphatic carbocycles. The van der Waals surface area contributed by atoms with Crippen LogP contribution >= 0.6 is 0 Å². The minimum atomic E-state index is -0.676. The first-order valence-electron chi connectivity index (χ1n) is 32.6. The molecule has 6 heteroatoms. The van der Waals surface area contributed by atoms with Crippen molar-refractivity contribution in [2.24, 2.45) is 0 Å². The van der Waals surface area contributed by atoms with Crippen molar-refractivity contribution in [1.29, 1.82) is 0 Å². The first-order chi connectivity index (χ1) is 35.5. The van der Waals surface area contributed by atoms with E-state index in [-0.39, 0.29) is 18.5 Å². The Morgan fingerprint density at radius 1 is 0.389 bits per heavy atom. The zero-order valence-electron chi connectivity index (χ0n) is 48.7. The first kappa shape index (κ1) is 70.3. The highest BCUT2D eigenvalue weighted by molar-refractivity contribution is 5.76. The molecule has 6 nitrogen and oxygen atoms in total. The van der Waals surface area contributed by atoms with Crippen molar-refractivity contribution in [3.8, 4) is 0 Å². The van der Waals surface area contributed by atoms with Crippen LogP contribution in [0.4, 0.5) is 0 Å². The van der Waals surface area contributed by atoms with E-state index in [9.17, 15) is 19.8 Å². The molecule has 0 rings (SSSR count). The van der Waals surface area contributed by atoms with E-state index >= 15 is 0 Å². The van der Waals surface area contributed by atoms with Crippen molar-refractivity contribution in [3.63, 3.8) is 0 Å². The number of nitrogens with one attached hydrogen (secondary N) is 1. The molecule has 0 aromatic carbocycles. The molecule has 0 saturated heterocycles. The maximum Gasteiger partial charge on any atom is 0.305 e. The summed E-state index contributed by atoms with van der Waals surface area (Å²) >= 11 is 0. The number of carbonyl (C=O) groups is 2. The molecule has 0 aliphatic heterocycles. The van der Waals surface area contributed by atoms with Crippen LogP contribution in [0.25, 0.3) is 0 Å². The van der Waals surface area contributed by atoms with Gasteiger partial charge in [0.05, 0.1) is 25.4 Å². The van der Waals surface area contributed by atoms with Crippen molar-refractivity contribution >= 4 is 11.9 Å². The predicted octanol–water partition coefficient (Wildman–Crippen LogP) is 20.6. The van der Waals surface area contributed by atoms with E-state index in [1.807, 2.05) is 0 Å². The summed E-state index contributed by atoms with van der Waals surface area (Å²) in [7, 11) is 0. The van der Waals surface area contributed by atoms with Gasteiger partial charge in [-0.25, -0.2) is 0 Å². The molecule has 0 spiro atoms. The second-order valence-electron chi connectivity index (χ2n) is 22.5. The van der Waals surface area contributed by atoms with Gasteiger partial charge in [0.2, 0.25) is 5.91 Å². The summed E-state index contributed by atoms with van der Waals surface area (Å²) in [4.78, 5) is 24.6. The fourth-order valence-corrected chi connectivity index (χ4v) is 10.3. The van der Waals surface area contributed by atoms with Gasteiger partial charge < -0.3 is 20.3 Å². The van der Waals surface area contributed by atoms with Gasteiger partial charge in [0.1, 0.15) is 0 Å². The van der Waals surface area contributed by atoms with Crippen molar-refractivity contribution in [1.82, 2.24) is 5.32 Å². The number of amides is 1. The molecule has 0 heterocycles. The van der Waals surface area contributed by atoms with E-state index in [4.69, 9.17) is 4.74 Å². The third-order valence-electron chi connectivity index (χ3n) is 15.3. The molecule has 0 aromatic heterocycles. The summed E-state index contributed by atoms with van der Waals surface area (Å²) in [5.41, 5.74) is 0. The minimum Gasteiger partial charge on any atom is -0.466 e. The molecular weight excluding hydrogens is 887 g/mol. The number of aliphatic hydroxyl groups excluding tert-OH is 2. The standard InChI is InChI=1S/C66H127NO5/c1-3-5-7-9-11-13-15-17-19-20-21-22-23-24-25-27-31-34-38-42-46-50-54-58-64(69)63(62-68)67-65(70)59-55-51-47-43-39-35-32-28-26-29-33-37-41-45-49-53-57-61-72-66(71)60-56-52-48-44-40-36-30-18-16-14-12-10-8-6-4-2/h26,29,37,41,63-64,68-69H,3-25,27-28,30-36,38-40,42-62H2,1-2H3,(H,67,70)/b29-26-,41-37-. The Kier molecular flexibility index (Phi) is 60.5. The molecule has 0 aliphatic rings. The third kappa shape index (κ3) is 57.6. The zero-order chi connectivity index (χ0) is 52.2. The van der Waals surface area contributed by atoms with Gasteiger partial charge in [-0.2, -0.15) is 0 Å². The molecule has 2 unspecified atom stereocenters. The lowest BCUT2D eigenvalue weighted by Crippen LogP contribution is -2.45. The number of carbonyl (C=O) groups excluding carboxylic acids is 2. The summed E-state index contributed by atoms with van der Waals surface area (Å²) in [5, 5.41) is 23.4. The van der Waals surface area contributed by atoms with Crippen LogP contribution in [0.5, 0.6) is 0 Å². The maximum absolute atomic E-state index is 12.5. The van der Waals surface area contributed by atoms with Crippen LogP contribution in [0, 0.1) is 0 Å². The Morgan fingerprint density at radius 2 is 0.694 bits per heavy atom. The Hall–Kier alpha value is -1.66. The lowest BCUT2D eigenvalue weighted by molar-refractivity contribution is -0.143. The number of rotatable bonds is 61. The largest absolute Gasteiger partial charge is 0.466 e. The second-order valence-corrected chi connectivity index (χ2v) is 22.5. The van der Waals surface area contributed by atoms with E-state index in [0.717, 1.165) is 83.5 Å². The molecule has 0 saturated carbocycles. The summed E-state index contributed by atoms with van der Waals surface area (Å²) in [6, 6.07) is -0.555. The van der Waals surface area contributed by atoms with Crippen molar-refractivity contribution in [3.05, 3.63) is 24.3 Å². The number of ether oxygens (including phenoxy) is 1. The van der Waals surface area contributed by atoms with Crippen LogP contribution in [0.2, 0.25) is 0 Å². The topological polar surface area (TPSA) is 95.9 Å². The Bertz CT molecular complexity index is 1120. The predicted molar refractivity (Wildman–Crippen MR) is 315 cm³/mol. The van der Waals surface area contributed by atoms with E-state index in [1.54, 1.807) is 0 Å². The average Bonchev–Trinajstić information content (AvgIpc) is 3.38. The molecule has 0 aromatic rings. The number of unbranched alkanes of at least 4 members (excludes halogenated alkanes) is 46. The number of esters is 1. The smallest absolute Gasteiger partial charge is 0.305 e. The van der Waals surface area contributed by atoms with Gasteiger partial charge >= 0.3 is 5.97 Å². The van der Waals surface area contributed by atoms with Gasteiger partial charge in [0, 0.05) is 12.8 Å². The van der Waals surface area contributed by atoms with Crippen molar-refractivity contribution in [2.75, 3.05) is 13.2 Å². The molecule has 72 heavy (non-hydrogen) atoms. The molecule has 0 fully saturated rings. The average molecular weight is 1010 g/mol. The summed E-state index contributed by atoms with van der Waals surface area (Å²) < 4.78 is 5.46. The molecule has 426 valence electrons. The molecule has 0 radical (unpaired) electrons. The summed E-state index contributed by atoms with van der Waals surface area (Å²) in [6.07, 6.45) is 76.2. The summed E-state index contributed by atoms with van der Waals surface area (Å²) in [6.45, 7) is 4.94. The van der Waals surface area contributed by atoms with Crippen molar-refractivity contribution in [2.45, 2.75) is 373 Å². The van der Waals surface area contributed by atoms with Crippen LogP contribution in [-0.2, 0) is 14.3 Å². The second kappa shape index (κ2) is 61.9. The lowest BCUT2D eigenvalue weighted by Gasteiger charge is -2.22. The van der Waals surface area contributed by atoms with Crippen LogP contribution < -0.4 is 5.32 Å². The molecular formula is C66H127NO5. The monoisotopic (exact) mass is 1010 g/mol. The lowest BCUT2D eigenvalue weighted by atomic mass is 10.0. The first-order valence-corrected chi connectivity index (χ1v) is 32.6. The molecule has 3 N–H and O–H groups in total. The van der Waals surface area contributed by atoms with E-state index < -0.39 is 12.1 Å². The number of aliphatic hydroxyl groups is 2. The Labute approximate surface area is 450 Å². The van der Waals surface area contributed by atoms with Gasteiger partial charge in [-0.05, 0) is 64.2 Å². The SMILES string of the molecule is CCCCCCCCCCCCCCCCCCCCCCCCCC(O)C(CO)NC(=O)CCCCCCCCC/C=C\C/C=C\CCCCCOC(=O)CCCCCCCCCCCCCCCCC. The fraction of sp³-hybridized carbons (Fsp3) is 0.909.